The molecule has 0 unspecified atom stereocenters. The lowest BCUT2D eigenvalue weighted by Crippen LogP contribution is -2.30. The van der Waals surface area contributed by atoms with Crippen LogP contribution in [0.15, 0.2) is 0 Å². The van der Waals surface area contributed by atoms with Crippen LogP contribution >= 0.6 is 12.4 Å². The molecule has 1 aliphatic rings. The lowest BCUT2D eigenvalue weighted by atomic mass is 10.4. The molecule has 10 heavy (non-hydrogen) atoms. The molecule has 0 aromatic rings. The summed E-state index contributed by atoms with van der Waals surface area (Å²) in [5, 5.41) is 0. The second-order valence-corrected chi connectivity index (χ2v) is 5.07. The Kier molecular flexibility index (Phi) is 2.73. The van der Waals surface area contributed by atoms with Crippen molar-refractivity contribution in [2.24, 2.45) is 5.73 Å². The Labute approximate surface area is 67.3 Å². The molecular weight excluding hydrogens is 174 g/mol. The molecule has 0 spiro atoms. The van der Waals surface area contributed by atoms with Gasteiger partial charge in [-0.2, -0.15) is 0 Å². The smallest absolute Gasteiger partial charge is 0.149 e. The van der Waals surface area contributed by atoms with Crippen molar-refractivity contribution in [3.8, 4) is 0 Å². The third-order valence-electron chi connectivity index (χ3n) is 1.44. The number of hydrogen-bond donors (Lipinski definition) is 1. The maximum Gasteiger partial charge on any atom is 0.149 e. The molecule has 1 rings (SSSR count). The minimum absolute atomic E-state index is 0. The van der Waals surface area contributed by atoms with E-state index >= 15 is 0 Å². The molecule has 1 aliphatic carbocycles. The minimum Gasteiger partial charge on any atom is -0.324 e. The van der Waals surface area contributed by atoms with Crippen LogP contribution in [-0.2, 0) is 9.84 Å². The summed E-state index contributed by atoms with van der Waals surface area (Å²) in [4.78, 5) is 0. The number of hydrogen-bond acceptors (Lipinski definition) is 3. The van der Waals surface area contributed by atoms with Crippen LogP contribution in [0.5, 0.6) is 0 Å². The van der Waals surface area contributed by atoms with Gasteiger partial charge in [-0.25, -0.2) is 8.42 Å². The predicted octanol–water partition coefficient (Wildman–Crippen LogP) is -0.0559. The summed E-state index contributed by atoms with van der Waals surface area (Å²) >= 11 is 0. The first-order chi connectivity index (χ1) is 3.91. The third kappa shape index (κ3) is 3.39. The van der Waals surface area contributed by atoms with Crippen molar-refractivity contribution in [1.29, 1.82) is 0 Å². The highest BCUT2D eigenvalue weighted by atomic mass is 35.5. The van der Waals surface area contributed by atoms with E-state index in [1.807, 2.05) is 0 Å². The molecule has 5 heteroatoms. The molecule has 0 atom stereocenters. The van der Waals surface area contributed by atoms with E-state index in [4.69, 9.17) is 5.73 Å². The van der Waals surface area contributed by atoms with Crippen molar-refractivity contribution in [1.82, 2.24) is 0 Å². The predicted molar refractivity (Wildman–Crippen MR) is 43.1 cm³/mol. The van der Waals surface area contributed by atoms with Gasteiger partial charge in [0, 0.05) is 11.8 Å². The second kappa shape index (κ2) is 2.68. The summed E-state index contributed by atoms with van der Waals surface area (Å²) in [7, 11) is -2.84. The third-order valence-corrected chi connectivity index (χ3v) is 2.54. The van der Waals surface area contributed by atoms with Crippen molar-refractivity contribution in [3.05, 3.63) is 0 Å². The largest absolute Gasteiger partial charge is 0.324 e. The van der Waals surface area contributed by atoms with Crippen LogP contribution in [0.2, 0.25) is 0 Å². The molecule has 0 bridgehead atoms. The van der Waals surface area contributed by atoms with Crippen LogP contribution < -0.4 is 5.73 Å². The van der Waals surface area contributed by atoms with Crippen LogP contribution in [0.1, 0.15) is 12.8 Å². The van der Waals surface area contributed by atoms with Gasteiger partial charge in [-0.3, -0.25) is 0 Å². The quantitative estimate of drug-likeness (QED) is 0.656. The topological polar surface area (TPSA) is 60.2 Å². The maximum absolute atomic E-state index is 10.6. The van der Waals surface area contributed by atoms with Gasteiger partial charge >= 0.3 is 0 Å². The van der Waals surface area contributed by atoms with Gasteiger partial charge in [0.15, 0.2) is 0 Å². The van der Waals surface area contributed by atoms with E-state index in [1.54, 1.807) is 0 Å². The van der Waals surface area contributed by atoms with Crippen LogP contribution in [0.4, 0.5) is 0 Å². The fraction of sp³-hybridized carbons (Fsp3) is 1.00. The van der Waals surface area contributed by atoms with E-state index in [-0.39, 0.29) is 23.7 Å². The van der Waals surface area contributed by atoms with Gasteiger partial charge in [0.1, 0.15) is 9.84 Å². The number of sulfone groups is 1. The molecule has 1 saturated carbocycles. The average Bonchev–Trinajstić information content (AvgIpc) is 2.12. The lowest BCUT2D eigenvalue weighted by Gasteiger charge is -2.03. The highest BCUT2D eigenvalue weighted by Gasteiger charge is 2.40. The van der Waals surface area contributed by atoms with Crippen LogP contribution in [0.25, 0.3) is 0 Å². The Bertz CT molecular complexity index is 208. The Balaban J connectivity index is 0.000000810. The maximum atomic E-state index is 10.6. The zero-order valence-electron chi connectivity index (χ0n) is 5.83. The molecule has 0 saturated heterocycles. The summed E-state index contributed by atoms with van der Waals surface area (Å²) in [6.45, 7) is 0. The van der Waals surface area contributed by atoms with Crippen molar-refractivity contribution in [3.63, 3.8) is 0 Å². The van der Waals surface area contributed by atoms with E-state index < -0.39 is 9.84 Å². The van der Waals surface area contributed by atoms with Crippen molar-refractivity contribution < 1.29 is 8.42 Å². The molecule has 0 amide bonds. The molecule has 2 N–H and O–H groups in total. The second-order valence-electron chi connectivity index (χ2n) is 2.93. The zero-order valence-corrected chi connectivity index (χ0v) is 7.46. The van der Waals surface area contributed by atoms with Gasteiger partial charge in [0.25, 0.3) is 0 Å². The Hall–Kier alpha value is 0.200. The summed E-state index contributed by atoms with van der Waals surface area (Å²) in [6, 6.07) is 0. The number of rotatable bonds is 2. The van der Waals surface area contributed by atoms with E-state index in [1.165, 1.54) is 6.26 Å². The van der Waals surface area contributed by atoms with E-state index in [2.05, 4.69) is 0 Å². The lowest BCUT2D eigenvalue weighted by molar-refractivity contribution is 0.591. The van der Waals surface area contributed by atoms with E-state index in [9.17, 15) is 8.42 Å². The molecule has 3 nitrogen and oxygen atoms in total. The SMILES string of the molecule is CS(=O)(=O)CC1(N)CC1.Cl. The normalized spacial score (nSPS) is 21.4. The standard InChI is InChI=1S/C5H11NO2S.ClH/c1-9(7,8)4-5(6)2-3-5;/h2-4,6H2,1H3;1H. The Morgan fingerprint density at radius 3 is 2.00 bits per heavy atom. The number of nitrogens with two attached hydrogens (primary N) is 1. The summed E-state index contributed by atoms with van der Waals surface area (Å²) in [5.74, 6) is 0.153. The molecule has 0 heterocycles. The minimum atomic E-state index is -2.84. The van der Waals surface area contributed by atoms with Gasteiger partial charge in [-0.1, -0.05) is 0 Å². The van der Waals surface area contributed by atoms with Gasteiger partial charge in [0.2, 0.25) is 0 Å². The van der Waals surface area contributed by atoms with Crippen molar-refractivity contribution in [2.45, 2.75) is 18.4 Å². The highest BCUT2D eigenvalue weighted by Crippen LogP contribution is 2.33. The Morgan fingerprint density at radius 1 is 1.50 bits per heavy atom. The highest BCUT2D eigenvalue weighted by molar-refractivity contribution is 7.90. The van der Waals surface area contributed by atoms with E-state index in [0.29, 0.717) is 0 Å². The molecule has 62 valence electrons. The fourth-order valence-corrected chi connectivity index (χ4v) is 2.16. The Morgan fingerprint density at radius 2 is 1.90 bits per heavy atom. The van der Waals surface area contributed by atoms with Gasteiger partial charge in [-0.15, -0.1) is 12.4 Å². The van der Waals surface area contributed by atoms with Crippen LogP contribution in [-0.4, -0.2) is 26.0 Å². The summed E-state index contributed by atoms with van der Waals surface area (Å²) < 4.78 is 21.2. The molecule has 0 aliphatic heterocycles. The van der Waals surface area contributed by atoms with Crippen molar-refractivity contribution in [2.75, 3.05) is 12.0 Å². The van der Waals surface area contributed by atoms with Gasteiger partial charge < -0.3 is 5.73 Å². The monoisotopic (exact) mass is 185 g/mol. The molecular formula is C5H12ClNO2S. The van der Waals surface area contributed by atoms with Gasteiger partial charge in [0.05, 0.1) is 5.75 Å². The molecule has 0 radical (unpaired) electrons. The molecule has 0 aromatic heterocycles. The van der Waals surface area contributed by atoms with Gasteiger partial charge in [-0.05, 0) is 12.8 Å². The molecule has 1 fully saturated rings. The molecule has 0 aromatic carbocycles. The number of halogens is 1. The van der Waals surface area contributed by atoms with Crippen LogP contribution in [0, 0.1) is 0 Å². The summed E-state index contributed by atoms with van der Waals surface area (Å²) in [5.41, 5.74) is 5.20. The summed E-state index contributed by atoms with van der Waals surface area (Å²) in [6.07, 6.45) is 2.94. The zero-order chi connectivity index (χ0) is 7.12. The fourth-order valence-electron chi connectivity index (χ4n) is 0.827. The first kappa shape index (κ1) is 10.2. The first-order valence-corrected chi connectivity index (χ1v) is 4.94. The first-order valence-electron chi connectivity index (χ1n) is 2.88. The van der Waals surface area contributed by atoms with Crippen LogP contribution in [0.3, 0.4) is 0 Å². The van der Waals surface area contributed by atoms with E-state index in [0.717, 1.165) is 12.8 Å². The average molecular weight is 186 g/mol. The van der Waals surface area contributed by atoms with Crippen molar-refractivity contribution >= 4 is 22.2 Å².